The van der Waals surface area contributed by atoms with Crippen molar-refractivity contribution in [3.63, 3.8) is 0 Å². The number of thiol groups is 1. The highest BCUT2D eigenvalue weighted by Crippen LogP contribution is 2.40. The molecule has 2 unspecified atom stereocenters. The van der Waals surface area contributed by atoms with Crippen molar-refractivity contribution in [3.8, 4) is 0 Å². The number of esters is 1. The van der Waals surface area contributed by atoms with Crippen LogP contribution in [0.25, 0.3) is 0 Å². The van der Waals surface area contributed by atoms with Gasteiger partial charge in [-0.25, -0.2) is 0 Å². The fourth-order valence-electron chi connectivity index (χ4n) is 1.66. The van der Waals surface area contributed by atoms with Crippen molar-refractivity contribution < 1.29 is 9.53 Å². The molecule has 0 aromatic heterocycles. The minimum Gasteiger partial charge on any atom is -0.469 e. The maximum Gasteiger partial charge on any atom is 0.311 e. The van der Waals surface area contributed by atoms with Gasteiger partial charge in [-0.2, -0.15) is 12.6 Å². The predicted molar refractivity (Wildman–Crippen MR) is 67.3 cm³/mol. The zero-order valence-electron chi connectivity index (χ0n) is 10.8. The van der Waals surface area contributed by atoms with Gasteiger partial charge in [0.15, 0.2) is 0 Å². The molecule has 0 aliphatic heterocycles. The van der Waals surface area contributed by atoms with Crippen LogP contribution in [0.5, 0.6) is 0 Å². The minimum atomic E-state index is -0.443. The molecule has 2 nitrogen and oxygen atoms in total. The SMILES string of the molecule is CCC(C)(S)CC(C)(C(=O)OC)C(C)C. The number of rotatable bonds is 5. The predicted octanol–water partition coefficient (Wildman–Crippen LogP) is 3.31. The first-order valence-electron chi connectivity index (χ1n) is 5.50. The third-order valence-electron chi connectivity index (χ3n) is 3.44. The van der Waals surface area contributed by atoms with Gasteiger partial charge in [0.05, 0.1) is 12.5 Å². The van der Waals surface area contributed by atoms with Crippen molar-refractivity contribution in [1.82, 2.24) is 0 Å². The van der Waals surface area contributed by atoms with E-state index >= 15 is 0 Å². The summed E-state index contributed by atoms with van der Waals surface area (Å²) in [5.41, 5.74) is -0.443. The average Bonchev–Trinajstić information content (AvgIpc) is 2.15. The third kappa shape index (κ3) is 3.71. The first-order valence-corrected chi connectivity index (χ1v) is 5.95. The maximum atomic E-state index is 11.8. The molecule has 0 amide bonds. The lowest BCUT2D eigenvalue weighted by Crippen LogP contribution is -2.40. The van der Waals surface area contributed by atoms with Crippen molar-refractivity contribution in [2.24, 2.45) is 11.3 Å². The molecule has 3 heteroatoms. The molecular formula is C12H24O2S. The fourth-order valence-corrected chi connectivity index (χ4v) is 1.99. The summed E-state index contributed by atoms with van der Waals surface area (Å²) in [5, 5.41) is 0. The van der Waals surface area contributed by atoms with Gasteiger partial charge in [0, 0.05) is 4.75 Å². The van der Waals surface area contributed by atoms with Crippen LogP contribution in [0.3, 0.4) is 0 Å². The van der Waals surface area contributed by atoms with Crippen LogP contribution in [-0.4, -0.2) is 17.8 Å². The van der Waals surface area contributed by atoms with Crippen LogP contribution in [0.15, 0.2) is 0 Å². The molecule has 0 aromatic carbocycles. The second kappa shape index (κ2) is 5.24. The number of hydrogen-bond acceptors (Lipinski definition) is 3. The van der Waals surface area contributed by atoms with E-state index in [0.29, 0.717) is 0 Å². The third-order valence-corrected chi connectivity index (χ3v) is 3.91. The van der Waals surface area contributed by atoms with Crippen LogP contribution in [0.1, 0.15) is 47.5 Å². The topological polar surface area (TPSA) is 26.3 Å². The molecule has 90 valence electrons. The summed E-state index contributed by atoms with van der Waals surface area (Å²) in [5.74, 6) is 0.120. The molecule has 0 rings (SSSR count). The Labute approximate surface area is 99.2 Å². The molecule has 15 heavy (non-hydrogen) atoms. The Balaban J connectivity index is 4.90. The van der Waals surface area contributed by atoms with E-state index in [9.17, 15) is 4.79 Å². The molecule has 0 heterocycles. The molecule has 0 fully saturated rings. The van der Waals surface area contributed by atoms with E-state index in [-0.39, 0.29) is 16.6 Å². The van der Waals surface area contributed by atoms with Gasteiger partial charge in [-0.1, -0.05) is 27.7 Å². The van der Waals surface area contributed by atoms with E-state index in [1.165, 1.54) is 7.11 Å². The molecule has 0 aromatic rings. The van der Waals surface area contributed by atoms with Gasteiger partial charge in [0.1, 0.15) is 0 Å². The molecule has 0 saturated heterocycles. The van der Waals surface area contributed by atoms with Crippen LogP contribution < -0.4 is 0 Å². The van der Waals surface area contributed by atoms with Gasteiger partial charge in [-0.3, -0.25) is 4.79 Å². The molecule has 0 spiro atoms. The summed E-state index contributed by atoms with van der Waals surface area (Å²) in [4.78, 5) is 11.8. The summed E-state index contributed by atoms with van der Waals surface area (Å²) >= 11 is 4.60. The number of carbonyl (C=O) groups is 1. The Kier molecular flexibility index (Phi) is 5.18. The number of methoxy groups -OCH3 is 1. The minimum absolute atomic E-state index is 0.118. The lowest BCUT2D eigenvalue weighted by molar-refractivity contribution is -0.155. The summed E-state index contributed by atoms with van der Waals surface area (Å²) in [6, 6.07) is 0. The van der Waals surface area contributed by atoms with Crippen LogP contribution in [0.2, 0.25) is 0 Å². The van der Waals surface area contributed by atoms with Crippen molar-refractivity contribution >= 4 is 18.6 Å². The summed E-state index contributed by atoms with van der Waals surface area (Å²) in [7, 11) is 1.45. The molecule has 2 atom stereocenters. The van der Waals surface area contributed by atoms with Gasteiger partial charge in [0.25, 0.3) is 0 Å². The van der Waals surface area contributed by atoms with Gasteiger partial charge in [0.2, 0.25) is 0 Å². The van der Waals surface area contributed by atoms with E-state index in [1.807, 2.05) is 6.92 Å². The number of hydrogen-bond donors (Lipinski definition) is 1. The van der Waals surface area contributed by atoms with Crippen LogP contribution in [-0.2, 0) is 9.53 Å². The first-order chi connectivity index (χ1) is 6.69. The second-order valence-electron chi connectivity index (χ2n) is 5.09. The Morgan fingerprint density at radius 2 is 1.87 bits per heavy atom. The van der Waals surface area contributed by atoms with E-state index in [2.05, 4.69) is 40.3 Å². The molecule has 0 bridgehead atoms. The van der Waals surface area contributed by atoms with Crippen LogP contribution in [0, 0.1) is 11.3 Å². The smallest absolute Gasteiger partial charge is 0.311 e. The molecular weight excluding hydrogens is 208 g/mol. The van der Waals surface area contributed by atoms with Crippen molar-refractivity contribution in [2.45, 2.75) is 52.2 Å². The standard InChI is InChI=1S/C12H24O2S/c1-7-11(4,15)8-12(5,9(2)3)10(13)14-6/h9,15H,7-8H2,1-6H3. The maximum absolute atomic E-state index is 11.8. The van der Waals surface area contributed by atoms with Crippen molar-refractivity contribution in [3.05, 3.63) is 0 Å². The lowest BCUT2D eigenvalue weighted by atomic mass is 9.72. The largest absolute Gasteiger partial charge is 0.469 e. The zero-order valence-corrected chi connectivity index (χ0v) is 11.6. The average molecular weight is 232 g/mol. The lowest BCUT2D eigenvalue weighted by Gasteiger charge is -2.37. The molecule has 0 N–H and O–H groups in total. The normalized spacial score (nSPS) is 19.5. The van der Waals surface area contributed by atoms with Gasteiger partial charge in [-0.05, 0) is 25.7 Å². The summed E-state index contributed by atoms with van der Waals surface area (Å²) in [6.45, 7) is 10.2. The number of ether oxygens (including phenoxy) is 1. The Morgan fingerprint density at radius 3 is 2.13 bits per heavy atom. The quantitative estimate of drug-likeness (QED) is 0.581. The van der Waals surface area contributed by atoms with Crippen LogP contribution >= 0.6 is 12.6 Å². The first kappa shape index (κ1) is 14.8. The molecule has 0 saturated carbocycles. The van der Waals surface area contributed by atoms with Gasteiger partial charge < -0.3 is 4.74 Å². The Bertz CT molecular complexity index is 224. The Morgan fingerprint density at radius 1 is 1.40 bits per heavy atom. The zero-order chi connectivity index (χ0) is 12.3. The monoisotopic (exact) mass is 232 g/mol. The summed E-state index contributed by atoms with van der Waals surface area (Å²) in [6.07, 6.45) is 1.68. The highest BCUT2D eigenvalue weighted by Gasteiger charge is 2.42. The molecule has 0 aliphatic carbocycles. The van der Waals surface area contributed by atoms with Crippen LogP contribution in [0.4, 0.5) is 0 Å². The van der Waals surface area contributed by atoms with Gasteiger partial charge in [-0.15, -0.1) is 0 Å². The molecule has 0 radical (unpaired) electrons. The Hall–Kier alpha value is -0.180. The van der Waals surface area contributed by atoms with E-state index in [1.54, 1.807) is 0 Å². The fraction of sp³-hybridized carbons (Fsp3) is 0.917. The van der Waals surface area contributed by atoms with E-state index in [0.717, 1.165) is 12.8 Å². The van der Waals surface area contributed by atoms with E-state index in [4.69, 9.17) is 4.74 Å². The van der Waals surface area contributed by atoms with Crippen molar-refractivity contribution in [2.75, 3.05) is 7.11 Å². The second-order valence-corrected chi connectivity index (χ2v) is 6.17. The summed E-state index contributed by atoms with van der Waals surface area (Å²) < 4.78 is 4.78. The molecule has 0 aliphatic rings. The highest BCUT2D eigenvalue weighted by atomic mass is 32.1. The van der Waals surface area contributed by atoms with Gasteiger partial charge >= 0.3 is 5.97 Å². The van der Waals surface area contributed by atoms with E-state index < -0.39 is 5.41 Å². The van der Waals surface area contributed by atoms with Crippen molar-refractivity contribution in [1.29, 1.82) is 0 Å². The number of carbonyl (C=O) groups excluding carboxylic acids is 1. The highest BCUT2D eigenvalue weighted by molar-refractivity contribution is 7.81.